The molecule has 0 bridgehead atoms. The first-order valence-corrected chi connectivity index (χ1v) is 5.62. The molecule has 1 atom stereocenters. The van der Waals surface area contributed by atoms with Crippen LogP contribution in [0.5, 0.6) is 0 Å². The molecule has 0 spiro atoms. The fourth-order valence-corrected chi connectivity index (χ4v) is 1.75. The molecule has 1 aromatic carbocycles. The Bertz CT molecular complexity index is 651. The van der Waals surface area contributed by atoms with Gasteiger partial charge in [-0.25, -0.2) is 9.97 Å². The quantitative estimate of drug-likeness (QED) is 0.613. The first-order valence-electron chi connectivity index (χ1n) is 5.62. The first kappa shape index (κ1) is 10.7. The lowest BCUT2D eigenvalue weighted by Crippen LogP contribution is -2.12. The van der Waals surface area contributed by atoms with Crippen LogP contribution >= 0.6 is 0 Å². The zero-order valence-electron chi connectivity index (χ0n) is 9.54. The van der Waals surface area contributed by atoms with E-state index in [2.05, 4.69) is 20.3 Å². The Balaban J connectivity index is 1.89. The van der Waals surface area contributed by atoms with E-state index in [1.807, 2.05) is 30.3 Å². The number of aliphatic hydroxyl groups is 1. The summed E-state index contributed by atoms with van der Waals surface area (Å²) in [5.41, 5.74) is 1.61. The van der Waals surface area contributed by atoms with Crippen LogP contribution in [0.4, 0.5) is 5.69 Å². The Labute approximate surface area is 104 Å². The van der Waals surface area contributed by atoms with E-state index in [9.17, 15) is 5.11 Å². The molecule has 90 valence electrons. The second-order valence-electron chi connectivity index (χ2n) is 3.93. The van der Waals surface area contributed by atoms with Gasteiger partial charge in [0.1, 0.15) is 0 Å². The van der Waals surface area contributed by atoms with Crippen LogP contribution in [-0.4, -0.2) is 20.1 Å². The number of hydrogen-bond acceptors (Lipinski definition) is 4. The highest BCUT2D eigenvalue weighted by atomic mass is 16.3. The van der Waals surface area contributed by atoms with Crippen molar-refractivity contribution in [1.29, 1.82) is 0 Å². The summed E-state index contributed by atoms with van der Waals surface area (Å²) < 4.78 is 0. The van der Waals surface area contributed by atoms with Crippen molar-refractivity contribution in [3.8, 4) is 0 Å². The van der Waals surface area contributed by atoms with Crippen LogP contribution in [0.15, 0.2) is 48.9 Å². The van der Waals surface area contributed by atoms with Gasteiger partial charge in [0.2, 0.25) is 0 Å². The Morgan fingerprint density at radius 2 is 2.11 bits per heavy atom. The molecule has 3 rings (SSSR count). The number of para-hydroxylation sites is 1. The molecule has 0 saturated carbocycles. The molecule has 2 aromatic heterocycles. The number of aromatic nitrogens is 3. The van der Waals surface area contributed by atoms with Crippen LogP contribution in [-0.2, 0) is 0 Å². The molecule has 5 nitrogen and oxygen atoms in total. The second kappa shape index (κ2) is 4.46. The normalized spacial score (nSPS) is 12.5. The average Bonchev–Trinajstić information content (AvgIpc) is 2.91. The highest BCUT2D eigenvalue weighted by Gasteiger charge is 2.11. The van der Waals surface area contributed by atoms with E-state index in [0.717, 1.165) is 16.6 Å². The molecule has 0 aliphatic carbocycles. The number of benzene rings is 1. The first-order chi connectivity index (χ1) is 8.83. The zero-order valence-corrected chi connectivity index (χ0v) is 9.54. The van der Waals surface area contributed by atoms with Crippen LogP contribution in [0.2, 0.25) is 0 Å². The van der Waals surface area contributed by atoms with E-state index in [1.54, 1.807) is 18.6 Å². The molecule has 1 unspecified atom stereocenters. The summed E-state index contributed by atoms with van der Waals surface area (Å²) in [5, 5.41) is 13.9. The zero-order chi connectivity index (χ0) is 12.4. The number of rotatable bonds is 3. The maximum Gasteiger partial charge on any atom is 0.186 e. The molecule has 0 aliphatic heterocycles. The highest BCUT2D eigenvalue weighted by Crippen LogP contribution is 2.16. The van der Waals surface area contributed by atoms with Gasteiger partial charge in [-0.2, -0.15) is 0 Å². The van der Waals surface area contributed by atoms with Crippen molar-refractivity contribution in [2.24, 2.45) is 0 Å². The van der Waals surface area contributed by atoms with E-state index in [0.29, 0.717) is 5.82 Å². The molecule has 0 saturated heterocycles. The van der Waals surface area contributed by atoms with E-state index < -0.39 is 6.23 Å². The lowest BCUT2D eigenvalue weighted by atomic mass is 10.2. The molecule has 0 aliphatic rings. The lowest BCUT2D eigenvalue weighted by molar-refractivity contribution is 0.198. The number of aliphatic hydroxyl groups excluding tert-OH is 1. The Morgan fingerprint density at radius 1 is 1.22 bits per heavy atom. The van der Waals surface area contributed by atoms with Gasteiger partial charge >= 0.3 is 0 Å². The maximum atomic E-state index is 10.0. The maximum absolute atomic E-state index is 10.0. The fraction of sp³-hybridized carbons (Fsp3) is 0.0769. The molecule has 2 heterocycles. The monoisotopic (exact) mass is 240 g/mol. The fourth-order valence-electron chi connectivity index (χ4n) is 1.75. The van der Waals surface area contributed by atoms with Gasteiger partial charge in [0.05, 0.1) is 11.2 Å². The third-order valence-corrected chi connectivity index (χ3v) is 2.65. The standard InChI is InChI=1S/C13H12N4O/c18-13(16-10-5-6-14-8-10)12-15-7-9-3-1-2-4-11(9)17-12/h1-8,13-14,16,18H. The van der Waals surface area contributed by atoms with Gasteiger partial charge in [-0.15, -0.1) is 0 Å². The lowest BCUT2D eigenvalue weighted by Gasteiger charge is -2.11. The predicted octanol–water partition coefficient (Wildman–Crippen LogP) is 2.06. The topological polar surface area (TPSA) is 73.8 Å². The number of aromatic amines is 1. The van der Waals surface area contributed by atoms with E-state index in [-0.39, 0.29) is 0 Å². The molecule has 3 N–H and O–H groups in total. The largest absolute Gasteiger partial charge is 0.367 e. The third kappa shape index (κ3) is 2.03. The molecule has 0 radical (unpaired) electrons. The van der Waals surface area contributed by atoms with Gasteiger partial charge in [-0.05, 0) is 12.1 Å². The summed E-state index contributed by atoms with van der Waals surface area (Å²) >= 11 is 0. The predicted molar refractivity (Wildman–Crippen MR) is 68.9 cm³/mol. The number of nitrogens with one attached hydrogen (secondary N) is 2. The van der Waals surface area contributed by atoms with Crippen molar-refractivity contribution in [3.63, 3.8) is 0 Å². The van der Waals surface area contributed by atoms with Crippen LogP contribution in [0.1, 0.15) is 12.1 Å². The molecular formula is C13H12N4O. The van der Waals surface area contributed by atoms with Crippen LogP contribution in [0.25, 0.3) is 10.9 Å². The van der Waals surface area contributed by atoms with E-state index in [1.165, 1.54) is 0 Å². The summed E-state index contributed by atoms with van der Waals surface area (Å²) in [6, 6.07) is 9.49. The van der Waals surface area contributed by atoms with Crippen molar-refractivity contribution >= 4 is 16.6 Å². The number of fused-ring (bicyclic) bond motifs is 1. The molecule has 0 amide bonds. The summed E-state index contributed by atoms with van der Waals surface area (Å²) in [4.78, 5) is 11.4. The minimum Gasteiger partial charge on any atom is -0.367 e. The summed E-state index contributed by atoms with van der Waals surface area (Å²) in [6.45, 7) is 0. The number of anilines is 1. The minimum atomic E-state index is -0.926. The van der Waals surface area contributed by atoms with E-state index in [4.69, 9.17) is 0 Å². The van der Waals surface area contributed by atoms with Crippen LogP contribution in [0.3, 0.4) is 0 Å². The summed E-state index contributed by atoms with van der Waals surface area (Å²) in [5.74, 6) is 0.356. The second-order valence-corrected chi connectivity index (χ2v) is 3.93. The smallest absolute Gasteiger partial charge is 0.186 e. The van der Waals surface area contributed by atoms with Crippen molar-refractivity contribution in [3.05, 3.63) is 54.7 Å². The van der Waals surface area contributed by atoms with Crippen LogP contribution in [0, 0.1) is 0 Å². The average molecular weight is 240 g/mol. The van der Waals surface area contributed by atoms with E-state index >= 15 is 0 Å². The van der Waals surface area contributed by atoms with Crippen molar-refractivity contribution in [2.75, 3.05) is 5.32 Å². The number of nitrogens with zero attached hydrogens (tertiary/aromatic N) is 2. The molecule has 3 aromatic rings. The van der Waals surface area contributed by atoms with Gasteiger partial charge in [0.15, 0.2) is 12.1 Å². The van der Waals surface area contributed by atoms with Gasteiger partial charge < -0.3 is 15.4 Å². The summed E-state index contributed by atoms with van der Waals surface area (Å²) in [6.07, 6.45) is 4.31. The van der Waals surface area contributed by atoms with Gasteiger partial charge in [0, 0.05) is 24.0 Å². The van der Waals surface area contributed by atoms with Crippen molar-refractivity contribution in [1.82, 2.24) is 15.0 Å². The Hall–Kier alpha value is -2.40. The Kier molecular flexibility index (Phi) is 2.66. The van der Waals surface area contributed by atoms with Crippen LogP contribution < -0.4 is 5.32 Å². The molecule has 0 fully saturated rings. The molecule has 18 heavy (non-hydrogen) atoms. The Morgan fingerprint density at radius 3 is 2.94 bits per heavy atom. The van der Waals surface area contributed by atoms with Gasteiger partial charge in [-0.1, -0.05) is 18.2 Å². The molecular weight excluding hydrogens is 228 g/mol. The highest BCUT2D eigenvalue weighted by molar-refractivity contribution is 5.77. The van der Waals surface area contributed by atoms with Crippen molar-refractivity contribution < 1.29 is 5.11 Å². The van der Waals surface area contributed by atoms with Gasteiger partial charge in [-0.3, -0.25) is 0 Å². The summed E-state index contributed by atoms with van der Waals surface area (Å²) in [7, 11) is 0. The SMILES string of the molecule is OC(Nc1cc[nH]c1)c1ncc2ccccc2n1. The number of hydrogen-bond donors (Lipinski definition) is 3. The third-order valence-electron chi connectivity index (χ3n) is 2.65. The number of H-pyrrole nitrogens is 1. The minimum absolute atomic E-state index is 0.356. The molecule has 5 heteroatoms. The van der Waals surface area contributed by atoms with Gasteiger partial charge in [0.25, 0.3) is 0 Å². The van der Waals surface area contributed by atoms with Crippen molar-refractivity contribution in [2.45, 2.75) is 6.23 Å².